The summed E-state index contributed by atoms with van der Waals surface area (Å²) in [6.45, 7) is 5.73. The number of hydrogen-bond acceptors (Lipinski definition) is 6. The molecule has 0 saturated heterocycles. The van der Waals surface area contributed by atoms with Crippen LogP contribution in [0.4, 0.5) is 4.79 Å². The third-order valence-electron chi connectivity index (χ3n) is 4.21. The Kier molecular flexibility index (Phi) is 6.02. The van der Waals surface area contributed by atoms with E-state index in [1.54, 1.807) is 20.8 Å². The molecular weight excluding hydrogens is 380 g/mol. The van der Waals surface area contributed by atoms with Crippen LogP contribution in [0.1, 0.15) is 48.9 Å². The maximum Gasteiger partial charge on any atom is 0.411 e. The Morgan fingerprint density at radius 1 is 1.25 bits per heavy atom. The monoisotopic (exact) mass is 404 g/mol. The van der Waals surface area contributed by atoms with E-state index in [2.05, 4.69) is 5.48 Å². The Morgan fingerprint density at radius 2 is 1.96 bits per heavy atom. The molecule has 8 heteroatoms. The fourth-order valence-corrected chi connectivity index (χ4v) is 4.09. The summed E-state index contributed by atoms with van der Waals surface area (Å²) in [5.74, 6) is -1.08. The van der Waals surface area contributed by atoms with Crippen molar-refractivity contribution in [2.24, 2.45) is 0 Å². The van der Waals surface area contributed by atoms with Gasteiger partial charge in [-0.15, -0.1) is 11.3 Å². The van der Waals surface area contributed by atoms with Crippen molar-refractivity contribution in [2.45, 2.75) is 45.1 Å². The number of amides is 1. The van der Waals surface area contributed by atoms with Crippen molar-refractivity contribution >= 4 is 23.4 Å². The van der Waals surface area contributed by atoms with Crippen LogP contribution in [0.3, 0.4) is 0 Å². The number of fused-ring (bicyclic) bond motifs is 1. The predicted octanol–water partition coefficient (Wildman–Crippen LogP) is 3.89. The summed E-state index contributed by atoms with van der Waals surface area (Å²) >= 11 is 1.31. The highest BCUT2D eigenvalue weighted by Gasteiger charge is 2.42. The van der Waals surface area contributed by atoms with Gasteiger partial charge >= 0.3 is 12.1 Å². The zero-order valence-electron chi connectivity index (χ0n) is 16.0. The largest absolute Gasteiger partial charge is 0.479 e. The van der Waals surface area contributed by atoms with Gasteiger partial charge in [-0.1, -0.05) is 30.3 Å². The van der Waals surface area contributed by atoms with Gasteiger partial charge in [-0.05, 0) is 43.3 Å². The Bertz CT molecular complexity index is 831. The molecule has 1 aromatic heterocycles. The van der Waals surface area contributed by atoms with E-state index >= 15 is 0 Å². The lowest BCUT2D eigenvalue weighted by Crippen LogP contribution is -2.49. The van der Waals surface area contributed by atoms with Crippen LogP contribution in [0.15, 0.2) is 41.8 Å². The summed E-state index contributed by atoms with van der Waals surface area (Å²) in [6.07, 6.45) is -0.659. The van der Waals surface area contributed by atoms with E-state index in [4.69, 9.17) is 9.57 Å². The molecule has 28 heavy (non-hydrogen) atoms. The van der Waals surface area contributed by atoms with Crippen molar-refractivity contribution in [2.75, 3.05) is 6.54 Å². The first-order valence-corrected chi connectivity index (χ1v) is 9.85. The standard InChI is InChI=1S/C20H24N2O5S/c1-20(2,3)27-19(25)22-11-15(21-26-12-13-7-5-4-6-8-13)14-9-10-28-17(14)16(22)18(23)24/h4-10,15-16,21H,11-12H2,1-3H3,(H,23,24). The lowest BCUT2D eigenvalue weighted by atomic mass is 9.98. The van der Waals surface area contributed by atoms with Crippen LogP contribution in [0.5, 0.6) is 0 Å². The van der Waals surface area contributed by atoms with Crippen LogP contribution in [0.25, 0.3) is 0 Å². The summed E-state index contributed by atoms with van der Waals surface area (Å²) in [6, 6.07) is 10.1. The first-order valence-electron chi connectivity index (χ1n) is 8.97. The van der Waals surface area contributed by atoms with E-state index in [1.165, 1.54) is 16.2 Å². The number of carboxylic acid groups (broad SMARTS) is 1. The Balaban J connectivity index is 1.78. The predicted molar refractivity (Wildman–Crippen MR) is 105 cm³/mol. The topological polar surface area (TPSA) is 88.1 Å². The molecule has 1 aliphatic rings. The zero-order chi connectivity index (χ0) is 20.3. The fraction of sp³-hybridized carbons (Fsp3) is 0.400. The highest BCUT2D eigenvalue weighted by molar-refractivity contribution is 7.10. The van der Waals surface area contributed by atoms with Crippen LogP contribution < -0.4 is 5.48 Å². The van der Waals surface area contributed by atoms with Gasteiger partial charge in [-0.3, -0.25) is 9.74 Å². The number of carbonyl (C=O) groups excluding carboxylic acids is 1. The lowest BCUT2D eigenvalue weighted by molar-refractivity contribution is -0.144. The van der Waals surface area contributed by atoms with Crippen LogP contribution in [0.2, 0.25) is 0 Å². The van der Waals surface area contributed by atoms with Gasteiger partial charge < -0.3 is 9.84 Å². The molecule has 0 aliphatic carbocycles. The molecule has 2 heterocycles. The number of nitrogens with one attached hydrogen (secondary N) is 1. The molecule has 7 nitrogen and oxygen atoms in total. The highest BCUT2D eigenvalue weighted by atomic mass is 32.1. The number of hydroxylamine groups is 1. The van der Waals surface area contributed by atoms with E-state index < -0.39 is 23.7 Å². The molecule has 2 N–H and O–H groups in total. The van der Waals surface area contributed by atoms with E-state index in [0.717, 1.165) is 11.1 Å². The molecule has 0 fully saturated rings. The van der Waals surface area contributed by atoms with Crippen molar-refractivity contribution < 1.29 is 24.3 Å². The van der Waals surface area contributed by atoms with Gasteiger partial charge in [-0.25, -0.2) is 9.59 Å². The summed E-state index contributed by atoms with van der Waals surface area (Å²) in [5, 5.41) is 11.6. The first kappa shape index (κ1) is 20.3. The number of carbonyl (C=O) groups is 2. The number of thiophene rings is 1. The molecule has 1 amide bonds. The number of rotatable bonds is 5. The molecular formula is C20H24N2O5S. The van der Waals surface area contributed by atoms with Gasteiger partial charge in [-0.2, -0.15) is 5.48 Å². The van der Waals surface area contributed by atoms with E-state index in [9.17, 15) is 14.7 Å². The zero-order valence-corrected chi connectivity index (χ0v) is 16.9. The highest BCUT2D eigenvalue weighted by Crippen LogP contribution is 2.39. The molecule has 150 valence electrons. The number of benzene rings is 1. The van der Waals surface area contributed by atoms with Crippen LogP contribution in [-0.2, 0) is 21.0 Å². The number of aliphatic carboxylic acids is 1. The van der Waals surface area contributed by atoms with Crippen molar-refractivity contribution in [3.05, 3.63) is 57.8 Å². The summed E-state index contributed by atoms with van der Waals surface area (Å²) < 4.78 is 5.43. The maximum absolute atomic E-state index is 12.7. The average Bonchev–Trinajstić information content (AvgIpc) is 3.10. The summed E-state index contributed by atoms with van der Waals surface area (Å²) in [5.41, 5.74) is 4.09. The van der Waals surface area contributed by atoms with Crippen molar-refractivity contribution in [1.29, 1.82) is 0 Å². The van der Waals surface area contributed by atoms with Crippen LogP contribution >= 0.6 is 11.3 Å². The molecule has 3 rings (SSSR count). The molecule has 0 saturated carbocycles. The number of carboxylic acids is 1. The van der Waals surface area contributed by atoms with Gasteiger partial charge in [0.05, 0.1) is 12.6 Å². The van der Waals surface area contributed by atoms with Crippen LogP contribution in [0, 0.1) is 0 Å². The Hall–Kier alpha value is -2.42. The van der Waals surface area contributed by atoms with Crippen molar-refractivity contribution in [1.82, 2.24) is 10.4 Å². The quantitative estimate of drug-likeness (QED) is 0.735. The fourth-order valence-electron chi connectivity index (χ4n) is 3.03. The Morgan fingerprint density at radius 3 is 2.61 bits per heavy atom. The minimum absolute atomic E-state index is 0.129. The lowest BCUT2D eigenvalue weighted by Gasteiger charge is -2.38. The van der Waals surface area contributed by atoms with Gasteiger partial charge in [0.1, 0.15) is 5.60 Å². The minimum atomic E-state index is -1.08. The van der Waals surface area contributed by atoms with Crippen molar-refractivity contribution in [3.63, 3.8) is 0 Å². The van der Waals surface area contributed by atoms with Gasteiger partial charge in [0, 0.05) is 11.4 Å². The van der Waals surface area contributed by atoms with E-state index in [-0.39, 0.29) is 12.6 Å². The SMILES string of the molecule is CC(C)(C)OC(=O)N1CC(NOCc2ccccc2)c2ccsc2C1C(=O)O. The van der Waals surface area contributed by atoms with Gasteiger partial charge in [0.15, 0.2) is 6.04 Å². The molecule has 2 aromatic rings. The second kappa shape index (κ2) is 8.30. The number of ether oxygens (including phenoxy) is 1. The first-order chi connectivity index (χ1) is 13.3. The minimum Gasteiger partial charge on any atom is -0.479 e. The van der Waals surface area contributed by atoms with E-state index in [0.29, 0.717) is 11.5 Å². The molecule has 1 aliphatic heterocycles. The molecule has 1 aromatic carbocycles. The third-order valence-corrected chi connectivity index (χ3v) is 5.20. The molecule has 0 spiro atoms. The number of hydrogen-bond donors (Lipinski definition) is 2. The maximum atomic E-state index is 12.7. The van der Waals surface area contributed by atoms with Crippen LogP contribution in [-0.4, -0.2) is 34.2 Å². The van der Waals surface area contributed by atoms with E-state index in [1.807, 2.05) is 41.8 Å². The molecule has 2 atom stereocenters. The average molecular weight is 404 g/mol. The van der Waals surface area contributed by atoms with Gasteiger partial charge in [0.25, 0.3) is 0 Å². The molecule has 2 unspecified atom stereocenters. The second-order valence-electron chi connectivity index (χ2n) is 7.56. The summed E-state index contributed by atoms with van der Waals surface area (Å²) in [4.78, 5) is 32.1. The van der Waals surface area contributed by atoms with Gasteiger partial charge in [0.2, 0.25) is 0 Å². The Labute approximate surface area is 167 Å². The normalized spacial score (nSPS) is 19.2. The third kappa shape index (κ3) is 4.70. The summed E-state index contributed by atoms with van der Waals surface area (Å²) in [7, 11) is 0. The smallest absolute Gasteiger partial charge is 0.411 e. The molecule has 0 radical (unpaired) electrons. The number of nitrogens with zero attached hydrogens (tertiary/aromatic N) is 1. The molecule has 0 bridgehead atoms. The second-order valence-corrected chi connectivity index (χ2v) is 8.51. The van der Waals surface area contributed by atoms with Crippen molar-refractivity contribution in [3.8, 4) is 0 Å².